The fourth-order valence-corrected chi connectivity index (χ4v) is 4.43. The van der Waals surface area contributed by atoms with Gasteiger partial charge in [-0.2, -0.15) is 0 Å². The summed E-state index contributed by atoms with van der Waals surface area (Å²) in [5, 5.41) is 6.29. The summed E-state index contributed by atoms with van der Waals surface area (Å²) in [6, 6.07) is 18.3. The molecule has 1 aliphatic rings. The Bertz CT molecular complexity index is 1380. The number of carbonyl (C=O) groups is 2. The van der Waals surface area contributed by atoms with Crippen molar-refractivity contribution in [3.63, 3.8) is 0 Å². The number of aryl methyl sites for hydroxylation is 1. The lowest BCUT2D eigenvalue weighted by molar-refractivity contribution is -0.126. The average molecular weight is 489 g/mol. The van der Waals surface area contributed by atoms with E-state index in [1.54, 1.807) is 12.1 Å². The molecule has 1 atom stereocenters. The summed E-state index contributed by atoms with van der Waals surface area (Å²) in [6.07, 6.45) is 1.14. The number of hydrogen-bond donors (Lipinski definition) is 2. The predicted octanol–water partition coefficient (Wildman–Crippen LogP) is 5.47. The molecule has 2 aromatic carbocycles. The summed E-state index contributed by atoms with van der Waals surface area (Å²) in [5.74, 6) is 0.801. The van der Waals surface area contributed by atoms with Crippen LogP contribution in [-0.4, -0.2) is 28.9 Å². The molecule has 0 spiro atoms. The smallest absolute Gasteiger partial charge is 0.258 e. The van der Waals surface area contributed by atoms with Crippen molar-refractivity contribution < 1.29 is 19.1 Å². The molecule has 2 amide bonds. The molecule has 0 unspecified atom stereocenters. The van der Waals surface area contributed by atoms with E-state index in [4.69, 9.17) is 9.47 Å². The number of fused-ring (bicyclic) bond motifs is 1. The number of nitrogens with zero attached hydrogens (tertiary/aromatic N) is 2. The van der Waals surface area contributed by atoms with Gasteiger partial charge in [0.2, 0.25) is 11.8 Å². The summed E-state index contributed by atoms with van der Waals surface area (Å²) in [6.45, 7) is 1.92. The largest absolute Gasteiger partial charge is 0.439 e. The highest BCUT2D eigenvalue weighted by atomic mass is 32.1. The molecule has 8 nitrogen and oxygen atoms in total. The lowest BCUT2D eigenvalue weighted by atomic mass is 10.1. The van der Waals surface area contributed by atoms with Crippen molar-refractivity contribution in [2.45, 2.75) is 25.9 Å². The van der Waals surface area contributed by atoms with Crippen LogP contribution >= 0.6 is 11.3 Å². The number of benzene rings is 2. The molecule has 178 valence electrons. The first kappa shape index (κ1) is 22.9. The molecule has 9 heteroatoms. The molecule has 0 aliphatic heterocycles. The zero-order valence-electron chi connectivity index (χ0n) is 19.3. The average Bonchev–Trinajstić information content (AvgIpc) is 3.63. The van der Waals surface area contributed by atoms with Crippen LogP contribution in [0.25, 0.3) is 10.3 Å². The summed E-state index contributed by atoms with van der Waals surface area (Å²) >= 11 is 1.31. The standard InChI is InChI=1S/C26H24N4O4S/c1-15-8-11-18(27-24(32)22(33-2)16-6-4-3-5-7-16)14-20(15)34-21-13-12-19-25(29-21)35-26(28-19)30-23(31)17-9-10-17/h3-8,11-14,17,22H,9-10H2,1-2H3,(H,27,32)(H,28,30,31)/t22-/m1/s1. The maximum atomic E-state index is 12.8. The van der Waals surface area contributed by atoms with Crippen molar-refractivity contribution in [3.8, 4) is 11.6 Å². The van der Waals surface area contributed by atoms with Gasteiger partial charge in [-0.3, -0.25) is 9.59 Å². The predicted molar refractivity (Wildman–Crippen MR) is 135 cm³/mol. The topological polar surface area (TPSA) is 102 Å². The van der Waals surface area contributed by atoms with Gasteiger partial charge in [0.15, 0.2) is 11.2 Å². The van der Waals surface area contributed by atoms with E-state index in [1.807, 2.05) is 55.5 Å². The van der Waals surface area contributed by atoms with E-state index in [9.17, 15) is 9.59 Å². The number of amides is 2. The number of anilines is 2. The Labute approximate surface area is 206 Å². The minimum absolute atomic E-state index is 0.0120. The second-order valence-corrected chi connectivity index (χ2v) is 9.33. The fraction of sp³-hybridized carbons (Fsp3) is 0.231. The SMILES string of the molecule is CO[C@@H](C(=O)Nc1ccc(C)c(Oc2ccc3nc(NC(=O)C4CC4)sc3n2)c1)c1ccccc1. The van der Waals surface area contributed by atoms with E-state index in [0.29, 0.717) is 32.8 Å². The first-order valence-corrected chi connectivity index (χ1v) is 12.1. The fourth-order valence-electron chi connectivity index (χ4n) is 3.59. The second-order valence-electron chi connectivity index (χ2n) is 8.35. The molecular formula is C26H24N4O4S. The number of pyridine rings is 1. The van der Waals surface area contributed by atoms with Crippen LogP contribution in [0.5, 0.6) is 11.6 Å². The van der Waals surface area contributed by atoms with E-state index < -0.39 is 6.10 Å². The van der Waals surface area contributed by atoms with Crippen LogP contribution in [0.1, 0.15) is 30.1 Å². The number of rotatable bonds is 8. The molecule has 2 heterocycles. The number of hydrogen-bond acceptors (Lipinski definition) is 7. The number of aromatic nitrogens is 2. The maximum absolute atomic E-state index is 12.8. The van der Waals surface area contributed by atoms with Gasteiger partial charge in [0.05, 0.1) is 0 Å². The van der Waals surface area contributed by atoms with E-state index in [2.05, 4.69) is 20.6 Å². The molecule has 0 bridgehead atoms. The van der Waals surface area contributed by atoms with Crippen LogP contribution in [0.3, 0.4) is 0 Å². The number of nitrogens with one attached hydrogen (secondary N) is 2. The normalized spacial score (nSPS) is 13.9. The number of thiazole rings is 1. The third-order valence-electron chi connectivity index (χ3n) is 5.65. The highest BCUT2D eigenvalue weighted by Gasteiger charge is 2.30. The van der Waals surface area contributed by atoms with Crippen LogP contribution in [0, 0.1) is 12.8 Å². The third-order valence-corrected chi connectivity index (χ3v) is 6.54. The molecule has 2 aromatic heterocycles. The van der Waals surface area contributed by atoms with Gasteiger partial charge in [0.25, 0.3) is 5.91 Å². The van der Waals surface area contributed by atoms with E-state index in [0.717, 1.165) is 24.0 Å². The van der Waals surface area contributed by atoms with Gasteiger partial charge in [-0.25, -0.2) is 9.97 Å². The van der Waals surface area contributed by atoms with Crippen LogP contribution in [0.2, 0.25) is 0 Å². The maximum Gasteiger partial charge on any atom is 0.258 e. The van der Waals surface area contributed by atoms with Gasteiger partial charge in [-0.1, -0.05) is 47.7 Å². The first-order chi connectivity index (χ1) is 17.0. The third kappa shape index (κ3) is 5.31. The Balaban J connectivity index is 1.31. The van der Waals surface area contributed by atoms with Crippen LogP contribution in [0.4, 0.5) is 10.8 Å². The summed E-state index contributed by atoms with van der Waals surface area (Å²) in [5.41, 5.74) is 2.93. The molecule has 35 heavy (non-hydrogen) atoms. The quantitative estimate of drug-likeness (QED) is 0.341. The molecule has 2 N–H and O–H groups in total. The van der Waals surface area contributed by atoms with Crippen LogP contribution in [0.15, 0.2) is 60.7 Å². The van der Waals surface area contributed by atoms with E-state index >= 15 is 0 Å². The molecule has 5 rings (SSSR count). The lowest BCUT2D eigenvalue weighted by Gasteiger charge is -2.16. The first-order valence-electron chi connectivity index (χ1n) is 11.3. The zero-order valence-corrected chi connectivity index (χ0v) is 20.1. The number of carbonyl (C=O) groups excluding carboxylic acids is 2. The van der Waals surface area contributed by atoms with E-state index in [-0.39, 0.29) is 17.7 Å². The lowest BCUT2D eigenvalue weighted by Crippen LogP contribution is -2.22. The molecular weight excluding hydrogens is 464 g/mol. The molecule has 4 aromatic rings. The van der Waals surface area contributed by atoms with Gasteiger partial charge < -0.3 is 20.1 Å². The monoisotopic (exact) mass is 488 g/mol. The molecule has 1 aliphatic carbocycles. The van der Waals surface area contributed by atoms with Crippen molar-refractivity contribution in [3.05, 3.63) is 71.8 Å². The van der Waals surface area contributed by atoms with Crippen molar-refractivity contribution in [2.75, 3.05) is 17.7 Å². The Hall–Kier alpha value is -3.82. The Kier molecular flexibility index (Phi) is 6.43. The van der Waals surface area contributed by atoms with Gasteiger partial charge in [0, 0.05) is 30.8 Å². The Morgan fingerprint density at radius 2 is 1.83 bits per heavy atom. The highest BCUT2D eigenvalue weighted by molar-refractivity contribution is 7.21. The van der Waals surface area contributed by atoms with Gasteiger partial charge >= 0.3 is 0 Å². The van der Waals surface area contributed by atoms with Crippen molar-refractivity contribution >= 4 is 44.3 Å². The Morgan fingerprint density at radius 3 is 2.57 bits per heavy atom. The highest BCUT2D eigenvalue weighted by Crippen LogP contribution is 2.33. The molecule has 1 saturated carbocycles. The summed E-state index contributed by atoms with van der Waals surface area (Å²) in [4.78, 5) is 34.5. The van der Waals surface area contributed by atoms with Gasteiger partial charge in [-0.15, -0.1) is 0 Å². The van der Waals surface area contributed by atoms with Crippen LogP contribution in [-0.2, 0) is 14.3 Å². The minimum Gasteiger partial charge on any atom is -0.439 e. The van der Waals surface area contributed by atoms with E-state index in [1.165, 1.54) is 18.4 Å². The molecule has 1 fully saturated rings. The van der Waals surface area contributed by atoms with Crippen molar-refractivity contribution in [2.24, 2.45) is 5.92 Å². The zero-order chi connectivity index (χ0) is 24.4. The summed E-state index contributed by atoms with van der Waals surface area (Å²) < 4.78 is 11.5. The van der Waals surface area contributed by atoms with Gasteiger partial charge in [0.1, 0.15) is 16.1 Å². The molecule has 0 radical (unpaired) electrons. The van der Waals surface area contributed by atoms with Crippen LogP contribution < -0.4 is 15.4 Å². The van der Waals surface area contributed by atoms with Gasteiger partial charge in [-0.05, 0) is 43.0 Å². The second kappa shape index (κ2) is 9.81. The minimum atomic E-state index is -0.730. The summed E-state index contributed by atoms with van der Waals surface area (Å²) in [7, 11) is 1.50. The Morgan fingerprint density at radius 1 is 1.03 bits per heavy atom. The molecule has 0 saturated heterocycles. The number of methoxy groups -OCH3 is 1. The van der Waals surface area contributed by atoms with Crippen molar-refractivity contribution in [1.29, 1.82) is 0 Å². The van der Waals surface area contributed by atoms with Crippen molar-refractivity contribution in [1.82, 2.24) is 9.97 Å². The number of ether oxygens (including phenoxy) is 2.